The first-order valence-corrected chi connectivity index (χ1v) is 4.98. The summed E-state index contributed by atoms with van der Waals surface area (Å²) in [6.45, 7) is 9.33. The van der Waals surface area contributed by atoms with Crippen molar-refractivity contribution in [2.75, 3.05) is 0 Å². The van der Waals surface area contributed by atoms with E-state index in [0.717, 1.165) is 5.57 Å². The van der Waals surface area contributed by atoms with E-state index >= 15 is 0 Å². The van der Waals surface area contributed by atoms with Crippen LogP contribution in [0.3, 0.4) is 0 Å². The molecule has 0 aromatic heterocycles. The van der Waals surface area contributed by atoms with E-state index in [1.54, 1.807) is 25.2 Å². The monoisotopic (exact) mass is 207 g/mol. The standard InChI is InChI=1S/C10H11NO2.C2H6/c1-3-5-7-6-9(11-13)10(12)8(7)4-2;1-2/h3-5,13H,1,6H2,2H3;1-2H3/b7-5-,8-4+,11-9+;. The number of allylic oxidation sites excluding steroid dienone is 5. The molecule has 3 nitrogen and oxygen atoms in total. The van der Waals surface area contributed by atoms with Crippen LogP contribution in [-0.2, 0) is 4.79 Å². The Hall–Kier alpha value is -1.64. The highest BCUT2D eigenvalue weighted by atomic mass is 16.4. The van der Waals surface area contributed by atoms with E-state index in [0.29, 0.717) is 12.0 Å². The van der Waals surface area contributed by atoms with Crippen molar-refractivity contribution in [3.8, 4) is 0 Å². The number of hydrogen-bond acceptors (Lipinski definition) is 3. The van der Waals surface area contributed by atoms with Gasteiger partial charge in [-0.15, -0.1) is 0 Å². The maximum Gasteiger partial charge on any atom is 0.210 e. The Bertz CT molecular complexity index is 336. The zero-order valence-corrected chi connectivity index (χ0v) is 9.45. The molecule has 1 saturated carbocycles. The molecular formula is C12H17NO2. The lowest BCUT2D eigenvalue weighted by atomic mass is 10.1. The van der Waals surface area contributed by atoms with Gasteiger partial charge in [-0.25, -0.2) is 0 Å². The summed E-state index contributed by atoms with van der Waals surface area (Å²) in [7, 11) is 0. The SMILES string of the molecule is C=C/C=C1/C/C(=N\O)C(=O)/C1=C/C.CC. The van der Waals surface area contributed by atoms with E-state index in [1.807, 2.05) is 13.8 Å². The number of rotatable bonds is 1. The number of ketones is 1. The van der Waals surface area contributed by atoms with Crippen molar-refractivity contribution in [2.45, 2.75) is 27.2 Å². The minimum absolute atomic E-state index is 0.196. The molecule has 1 rings (SSSR count). The Morgan fingerprint density at radius 1 is 1.47 bits per heavy atom. The van der Waals surface area contributed by atoms with Crippen LogP contribution in [0.25, 0.3) is 0 Å². The first-order valence-electron chi connectivity index (χ1n) is 4.98. The van der Waals surface area contributed by atoms with Gasteiger partial charge in [0.1, 0.15) is 5.71 Å². The fourth-order valence-corrected chi connectivity index (χ4v) is 1.35. The molecular weight excluding hydrogens is 190 g/mol. The van der Waals surface area contributed by atoms with Gasteiger partial charge < -0.3 is 5.21 Å². The molecule has 1 fully saturated rings. The predicted molar refractivity (Wildman–Crippen MR) is 62.2 cm³/mol. The molecule has 0 spiro atoms. The fourth-order valence-electron chi connectivity index (χ4n) is 1.35. The number of carbonyl (C=O) groups excluding carboxylic acids is 1. The third kappa shape index (κ3) is 2.91. The van der Waals surface area contributed by atoms with Gasteiger partial charge >= 0.3 is 0 Å². The van der Waals surface area contributed by atoms with Crippen LogP contribution < -0.4 is 0 Å². The molecule has 1 aliphatic rings. The highest BCUT2D eigenvalue weighted by molar-refractivity contribution is 6.50. The molecule has 0 aromatic rings. The third-order valence-corrected chi connectivity index (χ3v) is 1.94. The molecule has 0 unspecified atom stereocenters. The van der Waals surface area contributed by atoms with Crippen molar-refractivity contribution in [1.82, 2.24) is 0 Å². The quantitative estimate of drug-likeness (QED) is 0.408. The van der Waals surface area contributed by atoms with Gasteiger partial charge in [-0.1, -0.05) is 43.8 Å². The van der Waals surface area contributed by atoms with Gasteiger partial charge in [-0.2, -0.15) is 0 Å². The van der Waals surface area contributed by atoms with Gasteiger partial charge in [0.25, 0.3) is 0 Å². The van der Waals surface area contributed by atoms with Crippen molar-refractivity contribution >= 4 is 11.5 Å². The molecule has 1 N–H and O–H groups in total. The number of nitrogens with zero attached hydrogens (tertiary/aromatic N) is 1. The summed E-state index contributed by atoms with van der Waals surface area (Å²) in [5, 5.41) is 11.5. The normalized spacial score (nSPS) is 23.1. The molecule has 15 heavy (non-hydrogen) atoms. The molecule has 0 atom stereocenters. The molecule has 0 radical (unpaired) electrons. The van der Waals surface area contributed by atoms with E-state index in [1.165, 1.54) is 0 Å². The van der Waals surface area contributed by atoms with Crippen molar-refractivity contribution in [3.63, 3.8) is 0 Å². The van der Waals surface area contributed by atoms with Gasteiger partial charge in [0.15, 0.2) is 0 Å². The topological polar surface area (TPSA) is 49.7 Å². The second-order valence-corrected chi connectivity index (χ2v) is 2.68. The number of hydrogen-bond donors (Lipinski definition) is 1. The van der Waals surface area contributed by atoms with Crippen LogP contribution in [0.4, 0.5) is 0 Å². The molecule has 0 bridgehead atoms. The van der Waals surface area contributed by atoms with E-state index in [9.17, 15) is 4.79 Å². The second kappa shape index (κ2) is 6.76. The minimum Gasteiger partial charge on any atom is -0.411 e. The number of carbonyl (C=O) groups is 1. The minimum atomic E-state index is -0.196. The van der Waals surface area contributed by atoms with Crippen LogP contribution in [0.5, 0.6) is 0 Å². The van der Waals surface area contributed by atoms with Crippen molar-refractivity contribution in [2.24, 2.45) is 5.16 Å². The summed E-state index contributed by atoms with van der Waals surface area (Å²) in [6.07, 6.45) is 5.48. The average molecular weight is 207 g/mol. The van der Waals surface area contributed by atoms with Crippen LogP contribution in [0.2, 0.25) is 0 Å². The van der Waals surface area contributed by atoms with Gasteiger partial charge in [0.2, 0.25) is 5.78 Å². The molecule has 0 amide bonds. The maximum absolute atomic E-state index is 11.4. The lowest BCUT2D eigenvalue weighted by Crippen LogP contribution is -2.05. The molecule has 0 aliphatic heterocycles. The van der Waals surface area contributed by atoms with Gasteiger partial charge in [0.05, 0.1) is 0 Å². The largest absolute Gasteiger partial charge is 0.411 e. The Kier molecular flexibility index (Phi) is 6.02. The summed E-state index contributed by atoms with van der Waals surface area (Å²) in [6, 6.07) is 0. The molecule has 0 aromatic carbocycles. The van der Waals surface area contributed by atoms with Crippen LogP contribution in [-0.4, -0.2) is 16.7 Å². The maximum atomic E-state index is 11.4. The predicted octanol–water partition coefficient (Wildman–Crippen LogP) is 2.87. The first kappa shape index (κ1) is 13.4. The smallest absolute Gasteiger partial charge is 0.210 e. The fraction of sp³-hybridized carbons (Fsp3) is 0.333. The van der Waals surface area contributed by atoms with Crippen LogP contribution in [0, 0.1) is 0 Å². The van der Waals surface area contributed by atoms with Crippen molar-refractivity contribution in [1.29, 1.82) is 0 Å². The van der Waals surface area contributed by atoms with Gasteiger partial charge in [0, 0.05) is 12.0 Å². The zero-order valence-electron chi connectivity index (χ0n) is 9.45. The third-order valence-electron chi connectivity index (χ3n) is 1.94. The lowest BCUT2D eigenvalue weighted by Gasteiger charge is -1.93. The van der Waals surface area contributed by atoms with E-state index in [2.05, 4.69) is 11.7 Å². The zero-order chi connectivity index (χ0) is 11.8. The molecule has 0 heterocycles. The molecule has 0 saturated heterocycles. The highest BCUT2D eigenvalue weighted by Gasteiger charge is 2.28. The second-order valence-electron chi connectivity index (χ2n) is 2.68. The average Bonchev–Trinajstić information content (AvgIpc) is 2.58. The van der Waals surface area contributed by atoms with Crippen LogP contribution in [0.1, 0.15) is 27.2 Å². The molecule has 82 valence electrons. The summed E-state index contributed by atoms with van der Waals surface area (Å²) < 4.78 is 0. The van der Waals surface area contributed by atoms with Gasteiger partial charge in [-0.3, -0.25) is 4.79 Å². The summed E-state index contributed by atoms with van der Waals surface area (Å²) in [5.74, 6) is -0.196. The van der Waals surface area contributed by atoms with Crippen LogP contribution >= 0.6 is 0 Å². The highest BCUT2D eigenvalue weighted by Crippen LogP contribution is 2.25. The molecule has 1 aliphatic carbocycles. The van der Waals surface area contributed by atoms with Crippen molar-refractivity contribution in [3.05, 3.63) is 36.0 Å². The Morgan fingerprint density at radius 2 is 2.07 bits per heavy atom. The van der Waals surface area contributed by atoms with E-state index in [-0.39, 0.29) is 11.5 Å². The Balaban J connectivity index is 0.000000921. The van der Waals surface area contributed by atoms with Gasteiger partial charge in [-0.05, 0) is 12.5 Å². The van der Waals surface area contributed by atoms with Crippen molar-refractivity contribution < 1.29 is 10.0 Å². The summed E-state index contributed by atoms with van der Waals surface area (Å²) >= 11 is 0. The Labute approximate surface area is 90.5 Å². The van der Waals surface area contributed by atoms with E-state index in [4.69, 9.17) is 5.21 Å². The summed E-state index contributed by atoms with van der Waals surface area (Å²) in [4.78, 5) is 11.4. The van der Waals surface area contributed by atoms with E-state index < -0.39 is 0 Å². The Morgan fingerprint density at radius 3 is 2.47 bits per heavy atom. The summed E-state index contributed by atoms with van der Waals surface area (Å²) in [5.41, 5.74) is 1.66. The lowest BCUT2D eigenvalue weighted by molar-refractivity contribution is -0.109. The molecule has 3 heteroatoms. The number of oxime groups is 1. The number of Topliss-reactive ketones (excluding diaryl/α,β-unsaturated/α-hetero) is 1. The first-order chi connectivity index (χ1) is 7.24. The van der Waals surface area contributed by atoms with Crippen LogP contribution in [0.15, 0.2) is 41.1 Å².